The lowest BCUT2D eigenvalue weighted by atomic mass is 9.99. The van der Waals surface area contributed by atoms with Gasteiger partial charge in [-0.05, 0) is 38.5 Å². The maximum atomic E-state index is 12.5. The Balaban J connectivity index is 3.54. The third kappa shape index (κ3) is 45.1. The van der Waals surface area contributed by atoms with Gasteiger partial charge in [0.1, 0.15) is 6.10 Å². The molecule has 0 bridgehead atoms. The molecular formula is C55H109NO4. The number of hydrogen-bond donors (Lipinski definition) is 4. The van der Waals surface area contributed by atoms with E-state index in [1.54, 1.807) is 0 Å². The van der Waals surface area contributed by atoms with Gasteiger partial charge in [-0.25, -0.2) is 0 Å². The molecule has 0 aromatic heterocycles. The number of unbranched alkanes of at least 4 members (excludes halogenated alkanes) is 41. The minimum Gasteiger partial charge on any atom is -0.394 e. The number of allylic oxidation sites excluding steroid dienone is 2. The van der Waals surface area contributed by atoms with Gasteiger partial charge in [0, 0.05) is 6.42 Å². The van der Waals surface area contributed by atoms with Crippen LogP contribution in [0.5, 0.6) is 0 Å². The van der Waals surface area contributed by atoms with Crippen LogP contribution in [0.3, 0.4) is 0 Å². The van der Waals surface area contributed by atoms with Crippen LogP contribution >= 0.6 is 0 Å². The zero-order valence-corrected chi connectivity index (χ0v) is 40.9. The van der Waals surface area contributed by atoms with Crippen molar-refractivity contribution in [2.24, 2.45) is 0 Å². The van der Waals surface area contributed by atoms with Crippen molar-refractivity contribution in [1.82, 2.24) is 5.32 Å². The molecular weight excluding hydrogens is 739 g/mol. The number of rotatable bonds is 51. The monoisotopic (exact) mass is 848 g/mol. The van der Waals surface area contributed by atoms with Crippen molar-refractivity contribution in [2.45, 2.75) is 327 Å². The van der Waals surface area contributed by atoms with Gasteiger partial charge in [0.25, 0.3) is 0 Å². The van der Waals surface area contributed by atoms with Crippen molar-refractivity contribution in [3.05, 3.63) is 12.2 Å². The highest BCUT2D eigenvalue weighted by atomic mass is 16.3. The smallest absolute Gasteiger partial charge is 0.220 e. The fourth-order valence-electron chi connectivity index (χ4n) is 8.87. The average Bonchev–Trinajstić information content (AvgIpc) is 3.25. The standard InChI is InChI=1S/C55H109NO4/c1-3-5-7-9-11-13-15-17-19-21-23-25-27-29-31-33-35-37-39-41-43-45-47-49-53(58)55(60)52(51-57)56-54(59)50-48-46-44-42-40-38-36-34-32-30-28-26-24-22-20-18-16-14-12-10-8-6-4-2/h30,32,52-53,55,57-58,60H,3-29,31,33-51H2,1-2H3,(H,56,59)/b32-30-. The molecule has 0 heterocycles. The van der Waals surface area contributed by atoms with E-state index in [1.165, 1.54) is 250 Å². The summed E-state index contributed by atoms with van der Waals surface area (Å²) in [5.74, 6) is -0.143. The number of aliphatic hydroxyl groups excluding tert-OH is 3. The van der Waals surface area contributed by atoms with Crippen molar-refractivity contribution >= 4 is 5.91 Å². The molecule has 0 aromatic rings. The van der Waals surface area contributed by atoms with Gasteiger partial charge in [0.15, 0.2) is 0 Å². The Morgan fingerprint density at radius 2 is 0.667 bits per heavy atom. The van der Waals surface area contributed by atoms with E-state index in [0.29, 0.717) is 12.8 Å². The summed E-state index contributed by atoms with van der Waals surface area (Å²) in [7, 11) is 0. The maximum Gasteiger partial charge on any atom is 0.220 e. The number of carbonyl (C=O) groups is 1. The van der Waals surface area contributed by atoms with Gasteiger partial charge in [-0.15, -0.1) is 0 Å². The summed E-state index contributed by atoms with van der Waals surface area (Å²) in [6.07, 6.45) is 62.1. The lowest BCUT2D eigenvalue weighted by Crippen LogP contribution is -2.50. The molecule has 0 saturated carbocycles. The molecule has 0 radical (unpaired) electrons. The Labute approximate surface area is 376 Å². The predicted octanol–water partition coefficient (Wildman–Crippen LogP) is 16.7. The second kappa shape index (κ2) is 50.7. The van der Waals surface area contributed by atoms with Gasteiger partial charge in [0.05, 0.1) is 18.8 Å². The van der Waals surface area contributed by atoms with Gasteiger partial charge < -0.3 is 20.6 Å². The molecule has 0 saturated heterocycles. The Morgan fingerprint density at radius 1 is 0.400 bits per heavy atom. The first-order valence-electron chi connectivity index (χ1n) is 27.5. The molecule has 3 unspecified atom stereocenters. The van der Waals surface area contributed by atoms with Crippen LogP contribution < -0.4 is 5.32 Å². The molecule has 5 heteroatoms. The fourth-order valence-corrected chi connectivity index (χ4v) is 8.87. The quantitative estimate of drug-likeness (QED) is 0.0363. The van der Waals surface area contributed by atoms with Crippen molar-refractivity contribution in [3.8, 4) is 0 Å². The minimum absolute atomic E-state index is 0.143. The molecule has 0 fully saturated rings. The molecule has 1 amide bonds. The largest absolute Gasteiger partial charge is 0.394 e. The Kier molecular flexibility index (Phi) is 50.0. The molecule has 5 nitrogen and oxygen atoms in total. The number of nitrogens with one attached hydrogen (secondary N) is 1. The maximum absolute atomic E-state index is 12.5. The highest BCUT2D eigenvalue weighted by molar-refractivity contribution is 5.76. The molecule has 0 aliphatic heterocycles. The topological polar surface area (TPSA) is 89.8 Å². The fraction of sp³-hybridized carbons (Fsp3) is 0.945. The van der Waals surface area contributed by atoms with Crippen LogP contribution in [0.2, 0.25) is 0 Å². The van der Waals surface area contributed by atoms with Crippen LogP contribution in [0.15, 0.2) is 12.2 Å². The van der Waals surface area contributed by atoms with Crippen LogP contribution in [0.1, 0.15) is 309 Å². The first-order chi connectivity index (χ1) is 29.6. The van der Waals surface area contributed by atoms with Crippen LogP contribution in [0, 0.1) is 0 Å². The molecule has 3 atom stereocenters. The van der Waals surface area contributed by atoms with Crippen molar-refractivity contribution in [2.75, 3.05) is 6.61 Å². The van der Waals surface area contributed by atoms with Gasteiger partial charge in [0.2, 0.25) is 5.91 Å². The average molecular weight is 848 g/mol. The van der Waals surface area contributed by atoms with E-state index in [0.717, 1.165) is 32.1 Å². The summed E-state index contributed by atoms with van der Waals surface area (Å²) < 4.78 is 0. The van der Waals surface area contributed by atoms with E-state index in [1.807, 2.05) is 0 Å². The highest BCUT2D eigenvalue weighted by Crippen LogP contribution is 2.18. The van der Waals surface area contributed by atoms with E-state index in [4.69, 9.17) is 0 Å². The second-order valence-corrected chi connectivity index (χ2v) is 19.1. The number of aliphatic hydroxyl groups is 3. The summed E-state index contributed by atoms with van der Waals surface area (Å²) in [5.41, 5.74) is 0. The van der Waals surface area contributed by atoms with Gasteiger partial charge in [-0.3, -0.25) is 4.79 Å². The normalized spacial score (nSPS) is 13.3. The second-order valence-electron chi connectivity index (χ2n) is 19.1. The van der Waals surface area contributed by atoms with E-state index in [-0.39, 0.29) is 12.5 Å². The lowest BCUT2D eigenvalue weighted by molar-refractivity contribution is -0.124. The molecule has 0 spiro atoms. The molecule has 0 rings (SSSR count). The lowest BCUT2D eigenvalue weighted by Gasteiger charge is -2.26. The first kappa shape index (κ1) is 59.1. The minimum atomic E-state index is -1.14. The summed E-state index contributed by atoms with van der Waals surface area (Å²) in [5, 5.41) is 33.8. The number of hydrogen-bond acceptors (Lipinski definition) is 4. The molecule has 358 valence electrons. The van der Waals surface area contributed by atoms with Gasteiger partial charge in [-0.1, -0.05) is 276 Å². The van der Waals surface area contributed by atoms with E-state index in [9.17, 15) is 20.1 Å². The highest BCUT2D eigenvalue weighted by Gasteiger charge is 2.26. The third-order valence-corrected chi connectivity index (χ3v) is 13.1. The number of carbonyl (C=O) groups excluding carboxylic acids is 1. The van der Waals surface area contributed by atoms with Crippen molar-refractivity contribution in [3.63, 3.8) is 0 Å². The van der Waals surface area contributed by atoms with Crippen LogP contribution in [-0.2, 0) is 4.79 Å². The van der Waals surface area contributed by atoms with Gasteiger partial charge >= 0.3 is 0 Å². The summed E-state index contributed by atoms with van der Waals surface area (Å²) in [6, 6.07) is -0.810. The first-order valence-corrected chi connectivity index (χ1v) is 27.5. The Hall–Kier alpha value is -0.910. The molecule has 60 heavy (non-hydrogen) atoms. The Bertz CT molecular complexity index is 848. The van der Waals surface area contributed by atoms with E-state index in [2.05, 4.69) is 31.3 Å². The van der Waals surface area contributed by atoms with Gasteiger partial charge in [-0.2, -0.15) is 0 Å². The van der Waals surface area contributed by atoms with Crippen LogP contribution in [-0.4, -0.2) is 46.1 Å². The number of amides is 1. The SMILES string of the molecule is CCCCCCCCCCCCCC/C=C\CCCCCCCCCC(=O)NC(CO)C(O)C(O)CCCCCCCCCCCCCCCCCCCCCCCCC. The molecule has 0 aliphatic carbocycles. The van der Waals surface area contributed by atoms with E-state index >= 15 is 0 Å². The molecule has 0 aliphatic rings. The van der Waals surface area contributed by atoms with Crippen LogP contribution in [0.4, 0.5) is 0 Å². The molecule has 4 N–H and O–H groups in total. The van der Waals surface area contributed by atoms with Crippen molar-refractivity contribution in [1.29, 1.82) is 0 Å². The zero-order chi connectivity index (χ0) is 43.7. The Morgan fingerprint density at radius 3 is 0.967 bits per heavy atom. The molecule has 0 aromatic carbocycles. The summed E-state index contributed by atoms with van der Waals surface area (Å²) >= 11 is 0. The predicted molar refractivity (Wildman–Crippen MR) is 264 cm³/mol. The van der Waals surface area contributed by atoms with Crippen molar-refractivity contribution < 1.29 is 20.1 Å². The summed E-state index contributed by atoms with van der Waals surface area (Å²) in [6.45, 7) is 4.22. The van der Waals surface area contributed by atoms with Crippen LogP contribution in [0.25, 0.3) is 0 Å². The third-order valence-electron chi connectivity index (χ3n) is 13.1. The zero-order valence-electron chi connectivity index (χ0n) is 40.9. The van der Waals surface area contributed by atoms with E-state index < -0.39 is 18.2 Å². The summed E-state index contributed by atoms with van der Waals surface area (Å²) in [4.78, 5) is 12.5.